The number of β-amino-alcohol motifs (C(OH)–C–C–N with tert-alkyl or cyclic N) is 1. The second kappa shape index (κ2) is 4.39. The van der Waals surface area contributed by atoms with Crippen LogP contribution in [0.25, 0.3) is 0 Å². The normalized spacial score (nSPS) is 28.8. The first-order chi connectivity index (χ1) is 6.19. The molecule has 2 atom stereocenters. The molecule has 74 valence electrons. The fourth-order valence-electron chi connectivity index (χ4n) is 1.63. The number of carbonyl (C=O) groups excluding carboxylic acids is 1. The van der Waals surface area contributed by atoms with Crippen LogP contribution in [0, 0.1) is 0 Å². The highest BCUT2D eigenvalue weighted by atomic mass is 16.5. The molecule has 1 heterocycles. The number of nitrogens with zero attached hydrogens (tertiary/aromatic N) is 1. The van der Waals surface area contributed by atoms with E-state index in [4.69, 9.17) is 0 Å². The largest absolute Gasteiger partial charge is 0.468 e. The molecule has 4 heteroatoms. The smallest absolute Gasteiger partial charge is 0.323 e. The third-order valence-electron chi connectivity index (χ3n) is 2.22. The summed E-state index contributed by atoms with van der Waals surface area (Å²) in [7, 11) is 1.36. The van der Waals surface area contributed by atoms with Crippen molar-refractivity contribution >= 4 is 5.97 Å². The Balaban J connectivity index is 2.59. The van der Waals surface area contributed by atoms with Crippen molar-refractivity contribution in [3.8, 4) is 0 Å². The summed E-state index contributed by atoms with van der Waals surface area (Å²) >= 11 is 0. The molecule has 1 N–H and O–H groups in total. The van der Waals surface area contributed by atoms with E-state index in [1.165, 1.54) is 7.11 Å². The molecule has 1 fully saturated rings. The number of methoxy groups -OCH3 is 1. The highest BCUT2D eigenvalue weighted by molar-refractivity contribution is 5.76. The van der Waals surface area contributed by atoms with Crippen LogP contribution in [0.15, 0.2) is 12.7 Å². The van der Waals surface area contributed by atoms with Gasteiger partial charge in [0.2, 0.25) is 0 Å². The molecule has 1 rings (SSSR count). The summed E-state index contributed by atoms with van der Waals surface area (Å²) in [5.41, 5.74) is 0. The van der Waals surface area contributed by atoms with E-state index in [0.29, 0.717) is 19.5 Å². The van der Waals surface area contributed by atoms with Crippen LogP contribution in [-0.4, -0.2) is 48.3 Å². The van der Waals surface area contributed by atoms with E-state index >= 15 is 0 Å². The molecule has 0 aromatic heterocycles. The van der Waals surface area contributed by atoms with Crippen molar-refractivity contribution in [3.63, 3.8) is 0 Å². The zero-order chi connectivity index (χ0) is 9.84. The number of carbonyl (C=O) groups is 1. The third-order valence-corrected chi connectivity index (χ3v) is 2.22. The van der Waals surface area contributed by atoms with Crippen LogP contribution in [-0.2, 0) is 9.53 Å². The minimum absolute atomic E-state index is 0.279. The van der Waals surface area contributed by atoms with E-state index in [9.17, 15) is 9.90 Å². The zero-order valence-corrected chi connectivity index (χ0v) is 7.77. The van der Waals surface area contributed by atoms with Gasteiger partial charge in [-0.1, -0.05) is 6.08 Å². The number of hydrogen-bond donors (Lipinski definition) is 1. The first kappa shape index (κ1) is 10.2. The van der Waals surface area contributed by atoms with Gasteiger partial charge in [-0.3, -0.25) is 9.69 Å². The molecule has 0 amide bonds. The van der Waals surface area contributed by atoms with Crippen LogP contribution < -0.4 is 0 Å². The molecule has 0 unspecified atom stereocenters. The molecule has 0 aromatic rings. The molecule has 0 bridgehead atoms. The fraction of sp³-hybridized carbons (Fsp3) is 0.667. The number of esters is 1. The van der Waals surface area contributed by atoms with Crippen molar-refractivity contribution in [1.82, 2.24) is 4.90 Å². The molecule has 0 spiro atoms. The molecule has 0 radical (unpaired) electrons. The molecule has 0 saturated carbocycles. The quantitative estimate of drug-likeness (QED) is 0.488. The molecule has 1 aliphatic rings. The van der Waals surface area contributed by atoms with Crippen LogP contribution in [0.4, 0.5) is 0 Å². The van der Waals surface area contributed by atoms with Gasteiger partial charge in [-0.2, -0.15) is 0 Å². The van der Waals surface area contributed by atoms with Crippen molar-refractivity contribution in [2.75, 3.05) is 20.2 Å². The maximum Gasteiger partial charge on any atom is 0.323 e. The molecule has 0 aliphatic carbocycles. The van der Waals surface area contributed by atoms with Crippen molar-refractivity contribution in [3.05, 3.63) is 12.7 Å². The predicted octanol–water partition coefficient (Wildman–Crippen LogP) is -0.219. The van der Waals surface area contributed by atoms with E-state index in [1.807, 2.05) is 4.90 Å². The summed E-state index contributed by atoms with van der Waals surface area (Å²) in [4.78, 5) is 13.1. The second-order valence-electron chi connectivity index (χ2n) is 3.17. The summed E-state index contributed by atoms with van der Waals surface area (Å²) in [6, 6.07) is -0.307. The molecule has 1 saturated heterocycles. The van der Waals surface area contributed by atoms with E-state index in [2.05, 4.69) is 11.3 Å². The number of ether oxygens (including phenoxy) is 1. The maximum atomic E-state index is 11.2. The van der Waals surface area contributed by atoms with Gasteiger partial charge < -0.3 is 9.84 Å². The van der Waals surface area contributed by atoms with Crippen LogP contribution in [0.2, 0.25) is 0 Å². The Kier molecular flexibility index (Phi) is 3.45. The lowest BCUT2D eigenvalue weighted by atomic mass is 10.2. The van der Waals surface area contributed by atoms with Crippen molar-refractivity contribution < 1.29 is 14.6 Å². The van der Waals surface area contributed by atoms with Crippen molar-refractivity contribution in [1.29, 1.82) is 0 Å². The van der Waals surface area contributed by atoms with Crippen molar-refractivity contribution in [2.24, 2.45) is 0 Å². The second-order valence-corrected chi connectivity index (χ2v) is 3.17. The summed E-state index contributed by atoms with van der Waals surface area (Å²) < 4.78 is 4.63. The molecular formula is C9H15NO3. The molecular weight excluding hydrogens is 170 g/mol. The van der Waals surface area contributed by atoms with Crippen LogP contribution in [0.1, 0.15) is 6.42 Å². The summed E-state index contributed by atoms with van der Waals surface area (Å²) in [6.45, 7) is 4.72. The summed E-state index contributed by atoms with van der Waals surface area (Å²) in [5.74, 6) is -0.279. The van der Waals surface area contributed by atoms with E-state index in [1.54, 1.807) is 6.08 Å². The van der Waals surface area contributed by atoms with Crippen LogP contribution >= 0.6 is 0 Å². The number of hydrogen-bond acceptors (Lipinski definition) is 4. The monoisotopic (exact) mass is 185 g/mol. The summed E-state index contributed by atoms with van der Waals surface area (Å²) in [5, 5.41) is 9.36. The van der Waals surface area contributed by atoms with Crippen LogP contribution in [0.3, 0.4) is 0 Å². The lowest BCUT2D eigenvalue weighted by Gasteiger charge is -2.19. The fourth-order valence-corrected chi connectivity index (χ4v) is 1.63. The predicted molar refractivity (Wildman–Crippen MR) is 48.2 cm³/mol. The first-order valence-corrected chi connectivity index (χ1v) is 4.30. The maximum absolute atomic E-state index is 11.2. The van der Waals surface area contributed by atoms with Gasteiger partial charge in [0.05, 0.1) is 13.2 Å². The topological polar surface area (TPSA) is 49.8 Å². The van der Waals surface area contributed by atoms with Crippen molar-refractivity contribution in [2.45, 2.75) is 18.6 Å². The minimum atomic E-state index is -0.427. The van der Waals surface area contributed by atoms with Gasteiger partial charge in [-0.05, 0) is 0 Å². The van der Waals surface area contributed by atoms with E-state index in [0.717, 1.165) is 0 Å². The minimum Gasteiger partial charge on any atom is -0.468 e. The lowest BCUT2D eigenvalue weighted by molar-refractivity contribution is -0.145. The molecule has 0 aromatic carbocycles. The van der Waals surface area contributed by atoms with Gasteiger partial charge in [-0.15, -0.1) is 6.58 Å². The zero-order valence-electron chi connectivity index (χ0n) is 7.77. The Labute approximate surface area is 77.8 Å². The standard InChI is InChI=1S/C9H15NO3/c1-3-4-10-6-7(11)5-8(10)9(12)13-2/h3,7-8,11H,1,4-6H2,2H3/t7-,8+/m1/s1. The summed E-state index contributed by atoms with van der Waals surface area (Å²) in [6.07, 6.45) is 1.75. The molecule has 13 heavy (non-hydrogen) atoms. The number of aliphatic hydroxyl groups is 1. The van der Waals surface area contributed by atoms with Gasteiger partial charge in [0.15, 0.2) is 0 Å². The Bertz CT molecular complexity index is 205. The Morgan fingerprint density at radius 3 is 3.08 bits per heavy atom. The lowest BCUT2D eigenvalue weighted by Crippen LogP contribution is -2.36. The molecule has 1 aliphatic heterocycles. The Hall–Kier alpha value is -0.870. The molecule has 4 nitrogen and oxygen atoms in total. The van der Waals surface area contributed by atoms with Gasteiger partial charge in [0.25, 0.3) is 0 Å². The number of aliphatic hydroxyl groups excluding tert-OH is 1. The highest BCUT2D eigenvalue weighted by Crippen LogP contribution is 2.18. The third kappa shape index (κ3) is 2.29. The van der Waals surface area contributed by atoms with Gasteiger partial charge >= 0.3 is 5.97 Å². The van der Waals surface area contributed by atoms with E-state index < -0.39 is 6.10 Å². The van der Waals surface area contributed by atoms with Crippen LogP contribution in [0.5, 0.6) is 0 Å². The van der Waals surface area contributed by atoms with Gasteiger partial charge in [0.1, 0.15) is 6.04 Å². The van der Waals surface area contributed by atoms with E-state index in [-0.39, 0.29) is 12.0 Å². The highest BCUT2D eigenvalue weighted by Gasteiger charge is 2.35. The van der Waals surface area contributed by atoms with Gasteiger partial charge in [-0.25, -0.2) is 0 Å². The SMILES string of the molecule is C=CCN1C[C@H](O)C[C@H]1C(=O)OC. The average molecular weight is 185 g/mol. The average Bonchev–Trinajstić information content (AvgIpc) is 2.46. The Morgan fingerprint density at radius 2 is 2.54 bits per heavy atom. The number of likely N-dealkylation sites (tertiary alicyclic amines) is 1. The Morgan fingerprint density at radius 1 is 1.85 bits per heavy atom. The van der Waals surface area contributed by atoms with Gasteiger partial charge in [0, 0.05) is 19.5 Å². The number of rotatable bonds is 3. The first-order valence-electron chi connectivity index (χ1n) is 4.30.